The predicted molar refractivity (Wildman–Crippen MR) is 140 cm³/mol. The lowest BCUT2D eigenvalue weighted by molar-refractivity contribution is -0.116. The highest BCUT2D eigenvalue weighted by Gasteiger charge is 2.43. The van der Waals surface area contributed by atoms with Crippen LogP contribution in [0, 0.1) is 0 Å². The first-order valence-electron chi connectivity index (χ1n) is 11.1. The Hall–Kier alpha value is -4.49. The number of anilines is 2. The average Bonchev–Trinajstić information content (AvgIpc) is 3.53. The van der Waals surface area contributed by atoms with Crippen LogP contribution in [0.15, 0.2) is 103 Å². The van der Waals surface area contributed by atoms with E-state index in [9.17, 15) is 9.59 Å². The second-order valence-corrected chi connectivity index (χ2v) is 9.19. The monoisotopic (exact) mass is 476 g/mol. The number of rotatable bonds is 4. The lowest BCUT2D eigenvalue weighted by atomic mass is 10.2. The van der Waals surface area contributed by atoms with Crippen LogP contribution in [0.5, 0.6) is 0 Å². The zero-order valence-electron chi connectivity index (χ0n) is 18.8. The van der Waals surface area contributed by atoms with E-state index >= 15 is 0 Å². The lowest BCUT2D eigenvalue weighted by Crippen LogP contribution is -2.41. The molecule has 0 aliphatic carbocycles. The third-order valence-electron chi connectivity index (χ3n) is 5.98. The fraction of sp³-hybridized carbons (Fsp3) is 0.0357. The predicted octanol–water partition coefficient (Wildman–Crippen LogP) is 5.68. The maximum absolute atomic E-state index is 13.6. The number of carbonyl (C=O) groups excluding carboxylic acids is 2. The molecule has 1 aliphatic rings. The van der Waals surface area contributed by atoms with Crippen LogP contribution in [0.4, 0.5) is 11.4 Å². The van der Waals surface area contributed by atoms with Crippen molar-refractivity contribution < 1.29 is 9.59 Å². The van der Waals surface area contributed by atoms with Gasteiger partial charge < -0.3 is 4.57 Å². The fourth-order valence-corrected chi connectivity index (χ4v) is 5.28. The van der Waals surface area contributed by atoms with E-state index < -0.39 is 0 Å². The maximum atomic E-state index is 13.6. The maximum Gasteiger partial charge on any atom is 0.283 e. The highest BCUT2D eigenvalue weighted by atomic mass is 32.1. The standard InChI is InChI=1S/C28H20N4O2S/c1-30-22(18-24-25(30)29-26(35-24)19-11-5-2-6-12-19)17-23-27(33)31(20-13-7-3-8-14-20)32(28(23)34)21-15-9-4-10-16-21/h2-18H,1H3. The van der Waals surface area contributed by atoms with Crippen molar-refractivity contribution in [2.24, 2.45) is 7.05 Å². The van der Waals surface area contributed by atoms with Crippen molar-refractivity contribution in [3.8, 4) is 10.6 Å². The summed E-state index contributed by atoms with van der Waals surface area (Å²) in [6.07, 6.45) is 1.67. The Labute approximate surface area is 206 Å². The normalized spacial score (nSPS) is 13.8. The van der Waals surface area contributed by atoms with Crippen molar-refractivity contribution >= 4 is 50.9 Å². The highest BCUT2D eigenvalue weighted by molar-refractivity contribution is 7.21. The molecule has 6 rings (SSSR count). The first-order valence-corrected chi connectivity index (χ1v) is 12.0. The van der Waals surface area contributed by atoms with Crippen LogP contribution < -0.4 is 10.0 Å². The zero-order chi connectivity index (χ0) is 23.9. The van der Waals surface area contributed by atoms with Gasteiger partial charge in [0.25, 0.3) is 11.8 Å². The van der Waals surface area contributed by atoms with E-state index in [2.05, 4.69) is 0 Å². The molecule has 35 heavy (non-hydrogen) atoms. The molecule has 0 radical (unpaired) electrons. The van der Waals surface area contributed by atoms with Gasteiger partial charge in [-0.1, -0.05) is 66.7 Å². The molecule has 0 spiro atoms. The van der Waals surface area contributed by atoms with E-state index in [1.165, 1.54) is 10.0 Å². The molecule has 2 amide bonds. The van der Waals surface area contributed by atoms with E-state index in [0.717, 1.165) is 26.6 Å². The summed E-state index contributed by atoms with van der Waals surface area (Å²) in [5, 5.41) is 3.80. The number of aromatic nitrogens is 2. The minimum Gasteiger partial charge on any atom is -0.328 e. The van der Waals surface area contributed by atoms with Crippen LogP contribution in [0.2, 0.25) is 0 Å². The summed E-state index contributed by atoms with van der Waals surface area (Å²) in [5.74, 6) is -0.736. The number of hydrogen-bond donors (Lipinski definition) is 0. The van der Waals surface area contributed by atoms with Crippen LogP contribution in [-0.2, 0) is 16.6 Å². The topological polar surface area (TPSA) is 58.4 Å². The number of carbonyl (C=O) groups is 2. The van der Waals surface area contributed by atoms with Gasteiger partial charge in [0.2, 0.25) is 0 Å². The molecule has 7 heteroatoms. The number of nitrogens with zero attached hydrogens (tertiary/aromatic N) is 4. The molecule has 1 saturated heterocycles. The SMILES string of the molecule is Cn1c(C=C2C(=O)N(c3ccccc3)N(c3ccccc3)C2=O)cc2sc(-c3ccccc3)nc21. The van der Waals surface area contributed by atoms with Crippen LogP contribution in [0.3, 0.4) is 0 Å². The number of amides is 2. The number of benzene rings is 3. The Kier molecular flexibility index (Phi) is 5.04. The second kappa shape index (κ2) is 8.38. The smallest absolute Gasteiger partial charge is 0.283 e. The molecule has 3 heterocycles. The fourth-order valence-electron chi connectivity index (χ4n) is 4.23. The Balaban J connectivity index is 1.43. The van der Waals surface area contributed by atoms with E-state index in [-0.39, 0.29) is 17.4 Å². The van der Waals surface area contributed by atoms with E-state index in [4.69, 9.17) is 4.98 Å². The molecular formula is C28H20N4O2S. The van der Waals surface area contributed by atoms with Crippen molar-refractivity contribution in [3.63, 3.8) is 0 Å². The van der Waals surface area contributed by atoms with Crippen molar-refractivity contribution in [1.82, 2.24) is 9.55 Å². The Morgan fingerprint density at radius 3 is 1.77 bits per heavy atom. The molecule has 1 fully saturated rings. The van der Waals surface area contributed by atoms with Gasteiger partial charge in [-0.15, -0.1) is 11.3 Å². The number of aryl methyl sites for hydroxylation is 1. The Morgan fingerprint density at radius 1 is 0.743 bits per heavy atom. The summed E-state index contributed by atoms with van der Waals surface area (Å²) in [7, 11) is 1.90. The van der Waals surface area contributed by atoms with Gasteiger partial charge in [0, 0.05) is 18.3 Å². The minimum atomic E-state index is -0.368. The second-order valence-electron chi connectivity index (χ2n) is 8.16. The molecule has 0 unspecified atom stereocenters. The van der Waals surface area contributed by atoms with Gasteiger partial charge in [0.05, 0.1) is 16.1 Å². The van der Waals surface area contributed by atoms with Gasteiger partial charge in [-0.2, -0.15) is 0 Å². The van der Waals surface area contributed by atoms with E-state index in [1.54, 1.807) is 17.4 Å². The number of hydrazine groups is 1. The molecule has 5 aromatic rings. The van der Waals surface area contributed by atoms with Crippen LogP contribution in [0.25, 0.3) is 27.0 Å². The molecule has 6 nitrogen and oxygen atoms in total. The molecule has 0 saturated carbocycles. The van der Waals surface area contributed by atoms with Gasteiger partial charge in [0.15, 0.2) is 5.65 Å². The third kappa shape index (κ3) is 3.53. The summed E-state index contributed by atoms with van der Waals surface area (Å²) in [6.45, 7) is 0. The minimum absolute atomic E-state index is 0.106. The van der Waals surface area contributed by atoms with Crippen molar-refractivity contribution in [3.05, 3.63) is 108 Å². The van der Waals surface area contributed by atoms with Gasteiger partial charge in [-0.3, -0.25) is 9.59 Å². The first kappa shape index (κ1) is 21.1. The van der Waals surface area contributed by atoms with Gasteiger partial charge in [-0.25, -0.2) is 15.0 Å². The van der Waals surface area contributed by atoms with E-state index in [1.807, 2.05) is 109 Å². The van der Waals surface area contributed by atoms with Gasteiger partial charge in [-0.05, 0) is 36.4 Å². The Morgan fingerprint density at radius 2 is 1.26 bits per heavy atom. The molecule has 0 bridgehead atoms. The first-order chi connectivity index (χ1) is 17.1. The summed E-state index contributed by atoms with van der Waals surface area (Å²) in [4.78, 5) is 32.0. The van der Waals surface area contributed by atoms with E-state index in [0.29, 0.717) is 11.4 Å². The quantitative estimate of drug-likeness (QED) is 0.248. The van der Waals surface area contributed by atoms with Crippen LogP contribution >= 0.6 is 11.3 Å². The van der Waals surface area contributed by atoms with Crippen molar-refractivity contribution in [2.75, 3.05) is 10.0 Å². The zero-order valence-corrected chi connectivity index (χ0v) is 19.6. The summed E-state index contributed by atoms with van der Waals surface area (Å²) in [6, 6.07) is 30.4. The number of para-hydroxylation sites is 2. The highest BCUT2D eigenvalue weighted by Crippen LogP contribution is 2.35. The molecule has 170 valence electrons. The molecule has 1 aliphatic heterocycles. The largest absolute Gasteiger partial charge is 0.328 e. The number of fused-ring (bicyclic) bond motifs is 1. The van der Waals surface area contributed by atoms with Crippen LogP contribution in [-0.4, -0.2) is 21.4 Å². The van der Waals surface area contributed by atoms with Gasteiger partial charge in [0.1, 0.15) is 10.6 Å². The van der Waals surface area contributed by atoms with Gasteiger partial charge >= 0.3 is 0 Å². The molecule has 2 aromatic heterocycles. The Bertz CT molecular complexity index is 1530. The summed E-state index contributed by atoms with van der Waals surface area (Å²) < 4.78 is 2.92. The van der Waals surface area contributed by atoms with Crippen molar-refractivity contribution in [2.45, 2.75) is 0 Å². The molecular weight excluding hydrogens is 456 g/mol. The third-order valence-corrected chi connectivity index (χ3v) is 7.02. The average molecular weight is 477 g/mol. The molecule has 3 aromatic carbocycles. The van der Waals surface area contributed by atoms with Crippen LogP contribution in [0.1, 0.15) is 5.69 Å². The lowest BCUT2D eigenvalue weighted by Gasteiger charge is -2.27. The molecule has 0 atom stereocenters. The molecule has 0 N–H and O–H groups in total. The number of thiazole rings is 1. The summed E-state index contributed by atoms with van der Waals surface area (Å²) >= 11 is 1.59. The number of hydrogen-bond acceptors (Lipinski definition) is 4. The summed E-state index contributed by atoms with van der Waals surface area (Å²) in [5.41, 5.74) is 3.98. The van der Waals surface area contributed by atoms with Crippen molar-refractivity contribution in [1.29, 1.82) is 0 Å².